The summed E-state index contributed by atoms with van der Waals surface area (Å²) in [5.74, 6) is -1.32. The molecule has 138 valence electrons. The van der Waals surface area contributed by atoms with Crippen molar-refractivity contribution in [1.29, 1.82) is 0 Å². The Balaban J connectivity index is 2.46. The molecular weight excluding hydrogens is 389 g/mol. The highest BCUT2D eigenvalue weighted by Gasteiger charge is 2.25. The number of carboxylic acid groups (broad SMARTS) is 1. The number of carbonyl (C=O) groups is 1. The average molecular weight is 404 g/mol. The predicted octanol–water partition coefficient (Wildman–Crippen LogP) is 4.31. The van der Waals surface area contributed by atoms with E-state index >= 15 is 0 Å². The fourth-order valence-electron chi connectivity index (χ4n) is 3.14. The number of halogens is 2. The Morgan fingerprint density at radius 2 is 1.81 bits per heavy atom. The van der Waals surface area contributed by atoms with Crippen LogP contribution in [0, 0.1) is 6.92 Å². The van der Waals surface area contributed by atoms with Crippen LogP contribution in [0.4, 0.5) is 0 Å². The van der Waals surface area contributed by atoms with E-state index in [0.29, 0.717) is 28.4 Å². The number of benzene rings is 1. The molecule has 0 spiro atoms. The molecule has 0 aliphatic heterocycles. The van der Waals surface area contributed by atoms with Crippen LogP contribution in [0.15, 0.2) is 41.7 Å². The zero-order valence-corrected chi connectivity index (χ0v) is 16.0. The van der Waals surface area contributed by atoms with Gasteiger partial charge in [0, 0.05) is 35.8 Å². The quantitative estimate of drug-likeness (QED) is 0.701. The van der Waals surface area contributed by atoms with Gasteiger partial charge in [-0.3, -0.25) is 4.79 Å². The zero-order valence-electron chi connectivity index (χ0n) is 14.5. The lowest BCUT2D eigenvalue weighted by Gasteiger charge is -2.21. The highest BCUT2D eigenvalue weighted by molar-refractivity contribution is 6.42. The Morgan fingerprint density at radius 3 is 2.37 bits per heavy atom. The van der Waals surface area contributed by atoms with E-state index in [-0.39, 0.29) is 21.8 Å². The van der Waals surface area contributed by atoms with E-state index in [1.165, 1.54) is 18.7 Å². The summed E-state index contributed by atoms with van der Waals surface area (Å²) in [6, 6.07) is 4.78. The summed E-state index contributed by atoms with van der Waals surface area (Å²) in [5.41, 5.74) is 1.19. The highest BCUT2D eigenvalue weighted by atomic mass is 35.5. The largest absolute Gasteiger partial charge is 0.477 e. The van der Waals surface area contributed by atoms with Crippen LogP contribution in [-0.4, -0.2) is 25.6 Å². The summed E-state index contributed by atoms with van der Waals surface area (Å²) in [5, 5.41) is 10.4. The van der Waals surface area contributed by atoms with E-state index in [1.54, 1.807) is 29.7 Å². The van der Waals surface area contributed by atoms with Gasteiger partial charge in [-0.2, -0.15) is 0 Å². The third kappa shape index (κ3) is 3.34. The zero-order chi connectivity index (χ0) is 19.7. The fraction of sp³-hybridized carbons (Fsp3) is 0.158. The minimum atomic E-state index is -1.32. The van der Waals surface area contributed by atoms with Crippen molar-refractivity contribution in [2.24, 2.45) is 0 Å². The Labute approximate surface area is 165 Å². The third-order valence-electron chi connectivity index (χ3n) is 4.30. The molecule has 0 aliphatic rings. The van der Waals surface area contributed by atoms with Crippen LogP contribution in [0.1, 0.15) is 23.0 Å². The van der Waals surface area contributed by atoms with E-state index in [0.717, 1.165) is 0 Å². The van der Waals surface area contributed by atoms with Crippen LogP contribution in [0.5, 0.6) is 0 Å². The number of hydrogen-bond donors (Lipinski definition) is 1. The number of carboxylic acids is 1. The molecular formula is C19H15Cl2N3O3. The second-order valence-corrected chi connectivity index (χ2v) is 6.63. The van der Waals surface area contributed by atoms with Gasteiger partial charge < -0.3 is 9.67 Å². The van der Waals surface area contributed by atoms with Gasteiger partial charge in [-0.25, -0.2) is 14.8 Å². The molecule has 2 heterocycles. The Kier molecular flexibility index (Phi) is 5.30. The molecule has 0 atom stereocenters. The van der Waals surface area contributed by atoms with Crippen LogP contribution >= 0.6 is 23.2 Å². The van der Waals surface area contributed by atoms with Gasteiger partial charge in [0.05, 0.1) is 21.3 Å². The topological polar surface area (TPSA) is 85.1 Å². The van der Waals surface area contributed by atoms with Gasteiger partial charge in [0.25, 0.3) is 0 Å². The monoisotopic (exact) mass is 403 g/mol. The summed E-state index contributed by atoms with van der Waals surface area (Å²) in [7, 11) is 0. The lowest BCUT2D eigenvalue weighted by molar-refractivity contribution is 0.0695. The van der Waals surface area contributed by atoms with Gasteiger partial charge in [-0.05, 0) is 26.0 Å². The van der Waals surface area contributed by atoms with Crippen LogP contribution in [0.2, 0.25) is 10.0 Å². The van der Waals surface area contributed by atoms with E-state index in [9.17, 15) is 14.7 Å². The molecule has 3 aromatic rings. The molecule has 0 amide bonds. The first-order valence-corrected chi connectivity index (χ1v) is 8.83. The summed E-state index contributed by atoms with van der Waals surface area (Å²) in [6.07, 6.45) is 4.32. The van der Waals surface area contributed by atoms with Crippen molar-refractivity contribution >= 4 is 29.2 Å². The van der Waals surface area contributed by atoms with Crippen molar-refractivity contribution in [3.05, 3.63) is 68.4 Å². The van der Waals surface area contributed by atoms with Gasteiger partial charge >= 0.3 is 5.97 Å². The molecule has 0 aliphatic carbocycles. The first-order chi connectivity index (χ1) is 12.9. The van der Waals surface area contributed by atoms with Crippen molar-refractivity contribution in [2.75, 3.05) is 0 Å². The van der Waals surface area contributed by atoms with Crippen LogP contribution in [0.3, 0.4) is 0 Å². The summed E-state index contributed by atoms with van der Waals surface area (Å²) < 4.78 is 1.77. The molecule has 0 saturated heterocycles. The van der Waals surface area contributed by atoms with Gasteiger partial charge in [-0.1, -0.05) is 29.3 Å². The van der Waals surface area contributed by atoms with Crippen molar-refractivity contribution in [3.8, 4) is 22.4 Å². The van der Waals surface area contributed by atoms with E-state index < -0.39 is 11.4 Å². The maximum atomic E-state index is 13.1. The molecule has 1 aromatic carbocycles. The SMILES string of the molecule is CCn1c(C)c(-c2cncnc2)c(=O)c(C(=O)O)c1-c1ccc(Cl)c(Cl)c1. The lowest BCUT2D eigenvalue weighted by Crippen LogP contribution is -2.25. The molecule has 1 N–H and O–H groups in total. The van der Waals surface area contributed by atoms with Crippen LogP contribution < -0.4 is 5.43 Å². The third-order valence-corrected chi connectivity index (χ3v) is 5.04. The molecule has 6 nitrogen and oxygen atoms in total. The summed E-state index contributed by atoms with van der Waals surface area (Å²) in [4.78, 5) is 33.0. The van der Waals surface area contributed by atoms with Gasteiger partial charge in [0.1, 0.15) is 11.9 Å². The van der Waals surface area contributed by atoms with Crippen molar-refractivity contribution < 1.29 is 9.90 Å². The molecule has 3 rings (SSSR count). The van der Waals surface area contributed by atoms with Crippen LogP contribution in [-0.2, 0) is 6.54 Å². The second kappa shape index (κ2) is 7.50. The number of aromatic nitrogens is 3. The maximum Gasteiger partial charge on any atom is 0.341 e. The smallest absolute Gasteiger partial charge is 0.341 e. The van der Waals surface area contributed by atoms with E-state index in [4.69, 9.17) is 23.2 Å². The summed E-state index contributed by atoms with van der Waals surface area (Å²) in [6.45, 7) is 4.08. The van der Waals surface area contributed by atoms with Crippen molar-refractivity contribution in [1.82, 2.24) is 14.5 Å². The second-order valence-electron chi connectivity index (χ2n) is 5.82. The Hall–Kier alpha value is -2.70. The Bertz CT molecular complexity index is 1100. The van der Waals surface area contributed by atoms with E-state index in [2.05, 4.69) is 9.97 Å². The molecule has 8 heteroatoms. The van der Waals surface area contributed by atoms with Crippen LogP contribution in [0.25, 0.3) is 22.4 Å². The van der Waals surface area contributed by atoms with Gasteiger partial charge in [0.15, 0.2) is 0 Å². The highest BCUT2D eigenvalue weighted by Crippen LogP contribution is 2.32. The van der Waals surface area contributed by atoms with E-state index in [1.807, 2.05) is 6.92 Å². The molecule has 0 bridgehead atoms. The normalized spacial score (nSPS) is 10.8. The number of rotatable bonds is 4. The van der Waals surface area contributed by atoms with Gasteiger partial charge in [-0.15, -0.1) is 0 Å². The minimum absolute atomic E-state index is 0.263. The fourth-order valence-corrected chi connectivity index (χ4v) is 3.44. The summed E-state index contributed by atoms with van der Waals surface area (Å²) >= 11 is 12.1. The number of hydrogen-bond acceptors (Lipinski definition) is 4. The molecule has 0 radical (unpaired) electrons. The molecule has 0 unspecified atom stereocenters. The van der Waals surface area contributed by atoms with Crippen molar-refractivity contribution in [2.45, 2.75) is 20.4 Å². The first kappa shape index (κ1) is 19.1. The van der Waals surface area contributed by atoms with Gasteiger partial charge in [0.2, 0.25) is 5.43 Å². The maximum absolute atomic E-state index is 13.1. The average Bonchev–Trinajstić information content (AvgIpc) is 2.64. The number of aromatic carboxylic acids is 1. The number of pyridine rings is 1. The predicted molar refractivity (Wildman–Crippen MR) is 105 cm³/mol. The number of nitrogens with zero attached hydrogens (tertiary/aromatic N) is 3. The van der Waals surface area contributed by atoms with Crippen molar-refractivity contribution in [3.63, 3.8) is 0 Å². The standard InChI is InChI=1S/C19H15Cl2N3O3/c1-3-24-10(2)15(12-7-22-9-23-8-12)18(25)16(19(26)27)17(24)11-4-5-13(20)14(21)6-11/h4-9H,3H2,1-2H3,(H,26,27). The first-order valence-electron chi connectivity index (χ1n) is 8.08. The Morgan fingerprint density at radius 1 is 1.15 bits per heavy atom. The molecule has 27 heavy (non-hydrogen) atoms. The molecule has 0 saturated carbocycles. The minimum Gasteiger partial charge on any atom is -0.477 e. The molecule has 0 fully saturated rings. The molecule has 2 aromatic heterocycles. The lowest BCUT2D eigenvalue weighted by atomic mass is 9.97.